The number of hydrogen-bond donors (Lipinski definition) is 3. The first-order valence-corrected chi connectivity index (χ1v) is 13.3. The van der Waals surface area contributed by atoms with E-state index in [4.69, 9.17) is 0 Å². The second-order valence-corrected chi connectivity index (χ2v) is 9.84. The van der Waals surface area contributed by atoms with E-state index in [9.17, 15) is 9.59 Å². The van der Waals surface area contributed by atoms with Crippen LogP contribution in [-0.2, 0) is 22.4 Å². The zero-order chi connectivity index (χ0) is 27.0. The van der Waals surface area contributed by atoms with Gasteiger partial charge in [-0.3, -0.25) is 9.59 Å². The van der Waals surface area contributed by atoms with Crippen LogP contribution >= 0.6 is 0 Å². The number of aromatic nitrogens is 2. The van der Waals surface area contributed by atoms with Crippen molar-refractivity contribution in [1.82, 2.24) is 15.3 Å². The third kappa shape index (κ3) is 4.61. The molecule has 0 bridgehead atoms. The summed E-state index contributed by atoms with van der Waals surface area (Å²) in [5.74, 6) is -0.154. The molecule has 0 atom stereocenters. The molecule has 6 heteroatoms. The molecule has 0 radical (unpaired) electrons. The van der Waals surface area contributed by atoms with Crippen LogP contribution in [0, 0.1) is 13.8 Å². The van der Waals surface area contributed by atoms with Crippen LogP contribution in [0.1, 0.15) is 88.0 Å². The molecule has 0 fully saturated rings. The number of aliphatic imine (C=N–C) groups is 1. The maximum atomic E-state index is 12.2. The van der Waals surface area contributed by atoms with E-state index in [-0.39, 0.29) is 11.8 Å². The molecule has 6 nitrogen and oxygen atoms in total. The summed E-state index contributed by atoms with van der Waals surface area (Å²) in [6.45, 7) is 16.5. The van der Waals surface area contributed by atoms with E-state index >= 15 is 0 Å². The zero-order valence-electron chi connectivity index (χ0n) is 23.3. The number of hydrogen-bond acceptors (Lipinski definition) is 2. The summed E-state index contributed by atoms with van der Waals surface area (Å²) in [5.41, 5.74) is 12.2. The van der Waals surface area contributed by atoms with Crippen LogP contribution < -0.4 is 16.0 Å². The van der Waals surface area contributed by atoms with E-state index in [1.165, 1.54) is 22.3 Å². The van der Waals surface area contributed by atoms with Crippen molar-refractivity contribution < 1.29 is 9.59 Å². The molecule has 0 unspecified atom stereocenters. The first-order chi connectivity index (χ1) is 17.6. The number of carbonyl (C=O) groups excluding carboxylic acids is 2. The normalized spacial score (nSPS) is 18.3. The van der Waals surface area contributed by atoms with Gasteiger partial charge >= 0.3 is 0 Å². The molecule has 2 aromatic rings. The number of rotatable bonds is 7. The summed E-state index contributed by atoms with van der Waals surface area (Å²) in [7, 11) is 0. The highest BCUT2D eigenvalue weighted by Gasteiger charge is 2.23. The fourth-order valence-electron chi connectivity index (χ4n) is 5.59. The Morgan fingerprint density at radius 3 is 1.97 bits per heavy atom. The van der Waals surface area contributed by atoms with Gasteiger partial charge in [0.2, 0.25) is 0 Å². The second kappa shape index (κ2) is 10.4. The fourth-order valence-corrected chi connectivity index (χ4v) is 5.59. The average Bonchev–Trinajstić information content (AvgIpc) is 3.51. The predicted octanol–water partition coefficient (Wildman–Crippen LogP) is 4.60. The van der Waals surface area contributed by atoms with Crippen molar-refractivity contribution in [1.29, 1.82) is 0 Å². The van der Waals surface area contributed by atoms with Gasteiger partial charge in [0.15, 0.2) is 0 Å². The Bertz CT molecular complexity index is 1550. The van der Waals surface area contributed by atoms with Crippen molar-refractivity contribution in [2.75, 3.05) is 0 Å². The van der Waals surface area contributed by atoms with Gasteiger partial charge in [0.05, 0.1) is 5.71 Å². The number of amides is 2. The third-order valence-corrected chi connectivity index (χ3v) is 7.85. The van der Waals surface area contributed by atoms with Gasteiger partial charge in [-0.15, -0.1) is 0 Å². The molecule has 194 valence electrons. The number of allylic oxidation sites excluding steroid dienone is 2. The van der Waals surface area contributed by atoms with Gasteiger partial charge in [-0.1, -0.05) is 27.7 Å². The molecule has 0 aliphatic carbocycles. The first kappa shape index (κ1) is 26.4. The van der Waals surface area contributed by atoms with Gasteiger partial charge < -0.3 is 15.3 Å². The smallest absolute Gasteiger partial charge is 0.273 e. The van der Waals surface area contributed by atoms with Crippen molar-refractivity contribution in [3.8, 4) is 0 Å². The standard InChI is InChI=1S/C31H38N4O2/c1-9-20-16(5)24(13-28-22(11-3)18(7)30(36)34-28)32-26(20)15-27-21(10-2)17(6)25(33-27)14-29-23(12-4)19(8)31(37)35-29/h13-15,32-33H,9-12H2,1-8H3,(H,34,36)/b25-14-,27-15+,28-13-. The van der Waals surface area contributed by atoms with E-state index in [1.807, 2.05) is 19.9 Å². The summed E-state index contributed by atoms with van der Waals surface area (Å²) in [6.07, 6.45) is 9.63. The van der Waals surface area contributed by atoms with E-state index < -0.39 is 0 Å². The fraction of sp³-hybridized carbons (Fsp3) is 0.387. The van der Waals surface area contributed by atoms with Crippen molar-refractivity contribution in [2.24, 2.45) is 4.99 Å². The summed E-state index contributed by atoms with van der Waals surface area (Å²) >= 11 is 0. The van der Waals surface area contributed by atoms with Crippen LogP contribution in [0.3, 0.4) is 0 Å². The SMILES string of the molecule is CCC1=C(C)C(=O)N=C1/C=c1\[nH]/c(=C/c2[nH]c(/C=C3\NC(=O)C(C)=C3CC)c(C)c2CC)c(CC)c1C. The Labute approximate surface area is 219 Å². The van der Waals surface area contributed by atoms with Crippen LogP contribution in [0.25, 0.3) is 18.2 Å². The van der Waals surface area contributed by atoms with Gasteiger partial charge in [-0.25, -0.2) is 4.99 Å². The van der Waals surface area contributed by atoms with E-state index in [2.05, 4.69) is 74.0 Å². The van der Waals surface area contributed by atoms with E-state index in [0.29, 0.717) is 0 Å². The molecule has 4 heterocycles. The summed E-state index contributed by atoms with van der Waals surface area (Å²) in [5, 5.41) is 5.07. The highest BCUT2D eigenvalue weighted by atomic mass is 16.2. The summed E-state index contributed by atoms with van der Waals surface area (Å²) < 4.78 is 0. The maximum Gasteiger partial charge on any atom is 0.273 e. The molecule has 0 saturated carbocycles. The van der Waals surface area contributed by atoms with Gasteiger partial charge in [0.1, 0.15) is 0 Å². The molecule has 2 aliphatic heterocycles. The first-order valence-electron chi connectivity index (χ1n) is 13.3. The minimum absolute atomic E-state index is 0.0159. The van der Waals surface area contributed by atoms with Gasteiger partial charge in [-0.2, -0.15) is 0 Å². The Morgan fingerprint density at radius 1 is 0.676 bits per heavy atom. The Balaban J connectivity index is 1.84. The number of nitrogens with one attached hydrogen (secondary N) is 3. The Kier molecular flexibility index (Phi) is 7.39. The molecule has 37 heavy (non-hydrogen) atoms. The lowest BCUT2D eigenvalue weighted by Crippen LogP contribution is -2.15. The molecular formula is C31H38N4O2. The second-order valence-electron chi connectivity index (χ2n) is 9.84. The lowest BCUT2D eigenvalue weighted by Gasteiger charge is -2.03. The summed E-state index contributed by atoms with van der Waals surface area (Å²) in [4.78, 5) is 35.9. The zero-order valence-corrected chi connectivity index (χ0v) is 23.3. The van der Waals surface area contributed by atoms with Crippen molar-refractivity contribution >= 4 is 35.8 Å². The molecule has 2 aliphatic rings. The van der Waals surface area contributed by atoms with Crippen molar-refractivity contribution in [3.63, 3.8) is 0 Å². The molecule has 2 aromatic heterocycles. The van der Waals surface area contributed by atoms with Crippen molar-refractivity contribution in [2.45, 2.75) is 81.1 Å². The van der Waals surface area contributed by atoms with Crippen LogP contribution in [0.5, 0.6) is 0 Å². The molecule has 0 spiro atoms. The topological polar surface area (TPSA) is 90.1 Å². The van der Waals surface area contributed by atoms with Crippen LogP contribution in [0.15, 0.2) is 33.0 Å². The average molecular weight is 499 g/mol. The summed E-state index contributed by atoms with van der Waals surface area (Å²) in [6, 6.07) is 0. The highest BCUT2D eigenvalue weighted by molar-refractivity contribution is 6.30. The minimum atomic E-state index is -0.138. The third-order valence-electron chi connectivity index (χ3n) is 7.85. The van der Waals surface area contributed by atoms with Gasteiger partial charge in [0.25, 0.3) is 11.8 Å². The lowest BCUT2D eigenvalue weighted by molar-refractivity contribution is -0.116. The molecule has 2 amide bonds. The molecular weight excluding hydrogens is 460 g/mol. The van der Waals surface area contributed by atoms with Crippen molar-refractivity contribution in [3.05, 3.63) is 72.3 Å². The van der Waals surface area contributed by atoms with E-state index in [0.717, 1.165) is 81.5 Å². The molecule has 0 aromatic carbocycles. The van der Waals surface area contributed by atoms with Gasteiger partial charge in [0, 0.05) is 38.9 Å². The van der Waals surface area contributed by atoms with Crippen LogP contribution in [-0.4, -0.2) is 27.5 Å². The quantitative estimate of drug-likeness (QED) is 0.521. The predicted molar refractivity (Wildman–Crippen MR) is 152 cm³/mol. The maximum absolute atomic E-state index is 12.2. The highest BCUT2D eigenvalue weighted by Crippen LogP contribution is 2.28. The number of aromatic amines is 2. The van der Waals surface area contributed by atoms with Crippen LogP contribution in [0.2, 0.25) is 0 Å². The molecule has 4 rings (SSSR count). The number of carbonyl (C=O) groups is 2. The molecule has 3 N–H and O–H groups in total. The Morgan fingerprint density at radius 2 is 1.35 bits per heavy atom. The largest absolute Gasteiger partial charge is 0.355 e. The number of H-pyrrole nitrogens is 2. The van der Waals surface area contributed by atoms with Crippen LogP contribution in [0.4, 0.5) is 0 Å². The number of nitrogens with zero attached hydrogens (tertiary/aromatic N) is 1. The van der Waals surface area contributed by atoms with E-state index in [1.54, 1.807) is 0 Å². The molecule has 0 saturated heterocycles. The lowest BCUT2D eigenvalue weighted by atomic mass is 10.0. The monoisotopic (exact) mass is 498 g/mol. The van der Waals surface area contributed by atoms with Gasteiger partial charge in [-0.05, 0) is 105 Å². The minimum Gasteiger partial charge on any atom is -0.355 e. The Hall–Kier alpha value is -3.67.